The fraction of sp³-hybridized carbons (Fsp3) is 0.462. The van der Waals surface area contributed by atoms with Gasteiger partial charge in [-0.05, 0) is 48.7 Å². The summed E-state index contributed by atoms with van der Waals surface area (Å²) in [5.74, 6) is 0.486. The van der Waals surface area contributed by atoms with Crippen molar-refractivity contribution in [1.29, 1.82) is 0 Å². The van der Waals surface area contributed by atoms with E-state index in [0.717, 1.165) is 12.0 Å². The van der Waals surface area contributed by atoms with Crippen LogP contribution in [0, 0.1) is 0 Å². The molecule has 8 heteroatoms. The van der Waals surface area contributed by atoms with Gasteiger partial charge in [0, 0.05) is 6.54 Å². The van der Waals surface area contributed by atoms with Gasteiger partial charge in [-0.3, -0.25) is 9.63 Å². The third-order valence-electron chi connectivity index (χ3n) is 7.15. The van der Waals surface area contributed by atoms with E-state index in [4.69, 9.17) is 9.26 Å². The van der Waals surface area contributed by atoms with Crippen molar-refractivity contribution in [3.05, 3.63) is 60.2 Å². The molecule has 2 saturated heterocycles. The molecule has 0 spiro atoms. The summed E-state index contributed by atoms with van der Waals surface area (Å²) in [6.45, 7) is 11.7. The molecule has 2 heterocycles. The van der Waals surface area contributed by atoms with Crippen LogP contribution in [0.25, 0.3) is 0 Å². The normalized spacial score (nSPS) is 20.4. The lowest BCUT2D eigenvalue weighted by Gasteiger charge is -2.37. The highest BCUT2D eigenvalue weighted by molar-refractivity contribution is 6.74. The minimum atomic E-state index is -2.08. The zero-order valence-corrected chi connectivity index (χ0v) is 21.7. The van der Waals surface area contributed by atoms with Crippen LogP contribution in [0.5, 0.6) is 5.75 Å². The Hall–Kier alpha value is -2.84. The Balaban J connectivity index is 1.43. The standard InChI is InChI=1S/C26H35N3O4Si/c1-26(2,3)34(4,5)33-23-14-10-9-13-21(23)27-24(30)22-16-15-20-17-28(22)25(31)29(20)32-18-19-11-7-6-8-12-19/h6-14,20,22H,15-18H2,1-5H3,(H,27,30)/t20?,22-/m0/s1. The van der Waals surface area contributed by atoms with Gasteiger partial charge in [0.1, 0.15) is 18.4 Å². The molecule has 2 aromatic rings. The van der Waals surface area contributed by atoms with Crippen LogP contribution < -0.4 is 9.74 Å². The van der Waals surface area contributed by atoms with Gasteiger partial charge in [0.05, 0.1) is 11.7 Å². The maximum Gasteiger partial charge on any atom is 0.345 e. The molecule has 4 rings (SSSR count). The lowest BCUT2D eigenvalue weighted by atomic mass is 10.00. The number of carbonyl (C=O) groups is 2. The second-order valence-corrected chi connectivity index (χ2v) is 15.3. The quantitative estimate of drug-likeness (QED) is 0.537. The highest BCUT2D eigenvalue weighted by Crippen LogP contribution is 2.39. The first-order chi connectivity index (χ1) is 16.1. The molecular formula is C26H35N3O4Si. The molecule has 3 amide bonds. The van der Waals surface area contributed by atoms with E-state index in [9.17, 15) is 9.59 Å². The molecule has 1 N–H and O–H groups in total. The minimum absolute atomic E-state index is 0.0329. The van der Waals surface area contributed by atoms with E-state index in [1.165, 1.54) is 5.06 Å². The highest BCUT2D eigenvalue weighted by atomic mass is 28.4. The Morgan fingerprint density at radius 3 is 2.44 bits per heavy atom. The van der Waals surface area contributed by atoms with Crippen molar-refractivity contribution in [2.45, 2.75) is 70.4 Å². The number of nitrogens with one attached hydrogen (secondary N) is 1. The molecule has 2 aliphatic rings. The average Bonchev–Trinajstić information content (AvgIpc) is 3.03. The lowest BCUT2D eigenvalue weighted by molar-refractivity contribution is -0.140. The van der Waals surface area contributed by atoms with Gasteiger partial charge in [0.25, 0.3) is 8.32 Å². The largest absolute Gasteiger partial charge is 0.542 e. The van der Waals surface area contributed by atoms with Crippen molar-refractivity contribution in [2.24, 2.45) is 0 Å². The van der Waals surface area contributed by atoms with E-state index >= 15 is 0 Å². The molecule has 0 radical (unpaired) electrons. The highest BCUT2D eigenvalue weighted by Gasteiger charge is 2.48. The molecule has 1 unspecified atom stereocenters. The monoisotopic (exact) mass is 481 g/mol. The predicted octanol–water partition coefficient (Wildman–Crippen LogP) is 5.41. The number of hydrogen-bond acceptors (Lipinski definition) is 4. The van der Waals surface area contributed by atoms with Crippen molar-refractivity contribution in [3.63, 3.8) is 0 Å². The molecule has 2 fully saturated rings. The summed E-state index contributed by atoms with van der Waals surface area (Å²) >= 11 is 0. The van der Waals surface area contributed by atoms with Gasteiger partial charge >= 0.3 is 6.03 Å². The summed E-state index contributed by atoms with van der Waals surface area (Å²) in [5.41, 5.74) is 1.64. The number of anilines is 1. The number of hydrogen-bond donors (Lipinski definition) is 1. The van der Waals surface area contributed by atoms with E-state index in [1.54, 1.807) is 4.90 Å². The summed E-state index contributed by atoms with van der Waals surface area (Å²) in [6.07, 6.45) is 1.32. The number of urea groups is 1. The Kier molecular flexibility index (Phi) is 6.73. The Morgan fingerprint density at radius 2 is 1.74 bits per heavy atom. The van der Waals surface area contributed by atoms with E-state index in [-0.39, 0.29) is 23.0 Å². The van der Waals surface area contributed by atoms with E-state index in [0.29, 0.717) is 31.0 Å². The van der Waals surface area contributed by atoms with Crippen LogP contribution in [0.3, 0.4) is 0 Å². The van der Waals surface area contributed by atoms with Gasteiger partial charge in [-0.15, -0.1) is 0 Å². The van der Waals surface area contributed by atoms with Crippen LogP contribution in [-0.4, -0.2) is 48.8 Å². The molecule has 34 heavy (non-hydrogen) atoms. The molecule has 0 saturated carbocycles. The van der Waals surface area contributed by atoms with Gasteiger partial charge in [0.2, 0.25) is 5.91 Å². The number of rotatable bonds is 7. The number of nitrogens with zero attached hydrogens (tertiary/aromatic N) is 2. The Morgan fingerprint density at radius 1 is 1.06 bits per heavy atom. The van der Waals surface area contributed by atoms with Crippen molar-refractivity contribution in [1.82, 2.24) is 9.96 Å². The van der Waals surface area contributed by atoms with E-state index in [1.807, 2.05) is 54.6 Å². The second-order valence-electron chi connectivity index (χ2n) is 10.6. The number of hydroxylamine groups is 2. The van der Waals surface area contributed by atoms with Crippen LogP contribution >= 0.6 is 0 Å². The first-order valence-electron chi connectivity index (χ1n) is 11.9. The van der Waals surface area contributed by atoms with Crippen LogP contribution in [0.15, 0.2) is 54.6 Å². The van der Waals surface area contributed by atoms with E-state index < -0.39 is 14.4 Å². The Bertz CT molecular complexity index is 1040. The van der Waals surface area contributed by atoms with Crippen LogP contribution in [0.4, 0.5) is 10.5 Å². The van der Waals surface area contributed by atoms with Crippen molar-refractivity contribution < 1.29 is 18.9 Å². The summed E-state index contributed by atoms with van der Waals surface area (Å²) in [7, 11) is -2.08. The molecular weight excluding hydrogens is 446 g/mol. The average molecular weight is 482 g/mol. The lowest BCUT2D eigenvalue weighted by Crippen LogP contribution is -2.47. The smallest absolute Gasteiger partial charge is 0.345 e. The van der Waals surface area contributed by atoms with Gasteiger partial charge in [-0.2, -0.15) is 5.06 Å². The maximum atomic E-state index is 13.3. The van der Waals surface area contributed by atoms with Crippen LogP contribution in [-0.2, 0) is 16.2 Å². The van der Waals surface area contributed by atoms with Crippen molar-refractivity contribution >= 4 is 25.9 Å². The zero-order valence-electron chi connectivity index (χ0n) is 20.7. The number of benzene rings is 2. The zero-order chi connectivity index (χ0) is 24.5. The number of carbonyl (C=O) groups excluding carboxylic acids is 2. The third-order valence-corrected chi connectivity index (χ3v) is 11.5. The van der Waals surface area contributed by atoms with Crippen LogP contribution in [0.1, 0.15) is 39.2 Å². The SMILES string of the molecule is CC(C)(C)[Si](C)(C)Oc1ccccc1NC(=O)[C@@H]1CCC2CN1C(=O)N2OCc1ccccc1. The minimum Gasteiger partial charge on any atom is -0.542 e. The fourth-order valence-electron chi connectivity index (χ4n) is 4.09. The summed E-state index contributed by atoms with van der Waals surface area (Å²) in [4.78, 5) is 33.9. The van der Waals surface area contributed by atoms with Gasteiger partial charge < -0.3 is 14.6 Å². The molecule has 0 aromatic heterocycles. The number of fused-ring (bicyclic) bond motifs is 2. The fourth-order valence-corrected chi connectivity index (χ4v) is 5.13. The second kappa shape index (κ2) is 9.42. The first-order valence-corrected chi connectivity index (χ1v) is 14.8. The number of piperidine rings is 1. The van der Waals surface area contributed by atoms with Gasteiger partial charge in [0.15, 0.2) is 0 Å². The molecule has 2 aromatic carbocycles. The Labute approximate surface area is 203 Å². The van der Waals surface area contributed by atoms with Gasteiger partial charge in [-0.1, -0.05) is 63.2 Å². The summed E-state index contributed by atoms with van der Waals surface area (Å²) in [6, 6.07) is 16.5. The molecule has 7 nitrogen and oxygen atoms in total. The van der Waals surface area contributed by atoms with E-state index in [2.05, 4.69) is 39.2 Å². The third kappa shape index (κ3) is 4.98. The first kappa shape index (κ1) is 24.3. The van der Waals surface area contributed by atoms with Gasteiger partial charge in [-0.25, -0.2) is 4.79 Å². The topological polar surface area (TPSA) is 71.1 Å². The predicted molar refractivity (Wildman–Crippen MR) is 135 cm³/mol. The number of para-hydroxylation sites is 2. The summed E-state index contributed by atoms with van der Waals surface area (Å²) < 4.78 is 6.47. The molecule has 0 aliphatic carbocycles. The van der Waals surface area contributed by atoms with Crippen LogP contribution in [0.2, 0.25) is 18.1 Å². The maximum absolute atomic E-state index is 13.3. The number of amides is 3. The molecule has 2 bridgehead atoms. The molecule has 2 atom stereocenters. The molecule has 182 valence electrons. The van der Waals surface area contributed by atoms with Crippen molar-refractivity contribution in [2.75, 3.05) is 11.9 Å². The van der Waals surface area contributed by atoms with Crippen molar-refractivity contribution in [3.8, 4) is 5.75 Å². The summed E-state index contributed by atoms with van der Waals surface area (Å²) in [5, 5.41) is 4.52. The molecule has 2 aliphatic heterocycles.